The summed E-state index contributed by atoms with van der Waals surface area (Å²) >= 11 is 4.92. The van der Waals surface area contributed by atoms with E-state index in [0.29, 0.717) is 0 Å². The topological polar surface area (TPSA) is 29.1 Å². The van der Waals surface area contributed by atoms with Gasteiger partial charge >= 0.3 is 0 Å². The van der Waals surface area contributed by atoms with Gasteiger partial charge in [-0.2, -0.15) is 0 Å². The van der Waals surface area contributed by atoms with Gasteiger partial charge in [0.2, 0.25) is 0 Å². The highest BCUT2D eigenvalue weighted by Gasteiger charge is 2.28. The number of carbonyl (C=O) groups is 1. The molecule has 0 fully saturated rings. The van der Waals surface area contributed by atoms with E-state index in [4.69, 9.17) is 0 Å². The van der Waals surface area contributed by atoms with E-state index in [0.717, 1.165) is 27.9 Å². The van der Waals surface area contributed by atoms with E-state index in [1.165, 1.54) is 16.9 Å². The molecule has 1 aliphatic rings. The second-order valence-corrected chi connectivity index (χ2v) is 6.07. The molecule has 0 aliphatic carbocycles. The molecule has 0 bridgehead atoms. The van der Waals surface area contributed by atoms with Crippen molar-refractivity contribution in [2.45, 2.75) is 12.5 Å². The van der Waals surface area contributed by atoms with E-state index in [2.05, 4.69) is 27.3 Å². The van der Waals surface area contributed by atoms with Crippen LogP contribution in [0.25, 0.3) is 0 Å². The standard InChI is InChI=1S/C14H12BrNOS/c15-11-6-8-18-14(11)13(17)12-10-4-2-1-3-9(10)5-7-16-12/h1-4,6,8,12,16H,5,7H2. The second-order valence-electron chi connectivity index (χ2n) is 4.30. The Labute approximate surface area is 118 Å². The number of carbonyl (C=O) groups excluding carboxylic acids is 1. The normalized spacial score (nSPS) is 18.4. The van der Waals surface area contributed by atoms with Gasteiger partial charge in [-0.15, -0.1) is 11.3 Å². The zero-order valence-corrected chi connectivity index (χ0v) is 12.1. The van der Waals surface area contributed by atoms with Gasteiger partial charge in [0, 0.05) is 11.0 Å². The number of Topliss-reactive ketones (excluding diaryl/α,β-unsaturated/α-hetero) is 1. The molecule has 0 radical (unpaired) electrons. The van der Waals surface area contributed by atoms with Crippen molar-refractivity contribution in [3.8, 4) is 0 Å². The van der Waals surface area contributed by atoms with Crippen molar-refractivity contribution in [2.24, 2.45) is 0 Å². The third kappa shape index (κ3) is 2.05. The van der Waals surface area contributed by atoms with Crippen molar-refractivity contribution in [2.75, 3.05) is 6.54 Å². The van der Waals surface area contributed by atoms with Crippen LogP contribution in [0.1, 0.15) is 26.8 Å². The molecular formula is C14H12BrNOS. The molecule has 18 heavy (non-hydrogen) atoms. The number of halogens is 1. The molecule has 1 N–H and O–H groups in total. The summed E-state index contributed by atoms with van der Waals surface area (Å²) in [6.07, 6.45) is 0.992. The Hall–Kier alpha value is -0.970. The molecule has 92 valence electrons. The first-order valence-corrected chi connectivity index (χ1v) is 7.53. The lowest BCUT2D eigenvalue weighted by molar-refractivity contribution is 0.0943. The molecule has 1 aromatic carbocycles. The van der Waals surface area contributed by atoms with Gasteiger partial charge in [0.25, 0.3) is 0 Å². The molecule has 1 unspecified atom stereocenters. The number of benzene rings is 1. The Balaban J connectivity index is 2.00. The van der Waals surface area contributed by atoms with Gasteiger partial charge in [0.1, 0.15) is 0 Å². The lowest BCUT2D eigenvalue weighted by Crippen LogP contribution is -2.35. The van der Waals surface area contributed by atoms with Crippen LogP contribution in [-0.2, 0) is 6.42 Å². The Bertz CT molecular complexity index is 593. The van der Waals surface area contributed by atoms with E-state index in [-0.39, 0.29) is 11.8 Å². The molecule has 0 spiro atoms. The molecule has 1 atom stereocenters. The highest BCUT2D eigenvalue weighted by molar-refractivity contribution is 9.10. The Kier molecular flexibility index (Phi) is 3.33. The summed E-state index contributed by atoms with van der Waals surface area (Å²) in [4.78, 5) is 13.4. The molecule has 4 heteroatoms. The van der Waals surface area contributed by atoms with Crippen molar-refractivity contribution in [1.82, 2.24) is 5.32 Å². The van der Waals surface area contributed by atoms with E-state index < -0.39 is 0 Å². The molecule has 0 amide bonds. The van der Waals surface area contributed by atoms with Crippen LogP contribution < -0.4 is 5.32 Å². The zero-order chi connectivity index (χ0) is 12.5. The first kappa shape index (κ1) is 12.1. The summed E-state index contributed by atoms with van der Waals surface area (Å²) in [6, 6.07) is 9.91. The summed E-state index contributed by atoms with van der Waals surface area (Å²) in [6.45, 7) is 0.858. The van der Waals surface area contributed by atoms with Crippen LogP contribution in [0, 0.1) is 0 Å². The number of fused-ring (bicyclic) bond motifs is 1. The molecule has 2 aromatic rings. The van der Waals surface area contributed by atoms with Crippen molar-refractivity contribution >= 4 is 33.0 Å². The number of hydrogen-bond acceptors (Lipinski definition) is 3. The van der Waals surface area contributed by atoms with Crippen molar-refractivity contribution in [3.63, 3.8) is 0 Å². The Morgan fingerprint density at radius 1 is 1.33 bits per heavy atom. The van der Waals surface area contributed by atoms with Crippen molar-refractivity contribution < 1.29 is 4.79 Å². The Morgan fingerprint density at radius 2 is 2.17 bits per heavy atom. The van der Waals surface area contributed by atoms with Gasteiger partial charge in [0.05, 0.1) is 10.9 Å². The first-order valence-electron chi connectivity index (χ1n) is 5.86. The van der Waals surface area contributed by atoms with Gasteiger partial charge in [-0.05, 0) is 44.9 Å². The number of nitrogens with one attached hydrogen (secondary N) is 1. The maximum absolute atomic E-state index is 12.6. The van der Waals surface area contributed by atoms with Crippen LogP contribution in [-0.4, -0.2) is 12.3 Å². The first-order chi connectivity index (χ1) is 8.77. The lowest BCUT2D eigenvalue weighted by Gasteiger charge is -2.25. The summed E-state index contributed by atoms with van der Waals surface area (Å²) in [7, 11) is 0. The van der Waals surface area contributed by atoms with Crippen LogP contribution in [0.4, 0.5) is 0 Å². The zero-order valence-electron chi connectivity index (χ0n) is 9.65. The van der Waals surface area contributed by atoms with Gasteiger partial charge < -0.3 is 5.32 Å². The van der Waals surface area contributed by atoms with E-state index in [1.807, 2.05) is 29.6 Å². The monoisotopic (exact) mass is 321 g/mol. The minimum atomic E-state index is -0.204. The van der Waals surface area contributed by atoms with Crippen LogP contribution in [0.3, 0.4) is 0 Å². The van der Waals surface area contributed by atoms with Gasteiger partial charge in [-0.3, -0.25) is 4.79 Å². The highest BCUT2D eigenvalue weighted by atomic mass is 79.9. The average molecular weight is 322 g/mol. The molecule has 3 rings (SSSR count). The van der Waals surface area contributed by atoms with Gasteiger partial charge in [-0.1, -0.05) is 24.3 Å². The van der Waals surface area contributed by atoms with Crippen LogP contribution in [0.15, 0.2) is 40.2 Å². The molecule has 0 saturated carbocycles. The molecular weight excluding hydrogens is 310 g/mol. The summed E-state index contributed by atoms with van der Waals surface area (Å²) in [5, 5.41) is 5.26. The predicted molar refractivity (Wildman–Crippen MR) is 77.2 cm³/mol. The lowest BCUT2D eigenvalue weighted by atomic mass is 9.91. The summed E-state index contributed by atoms with van der Waals surface area (Å²) in [5.41, 5.74) is 2.40. The summed E-state index contributed by atoms with van der Waals surface area (Å²) < 4.78 is 0.891. The minimum Gasteiger partial charge on any atom is -0.303 e. The number of thiophene rings is 1. The van der Waals surface area contributed by atoms with Crippen LogP contribution >= 0.6 is 27.3 Å². The molecule has 0 saturated heterocycles. The van der Waals surface area contributed by atoms with Gasteiger partial charge in [0.15, 0.2) is 5.78 Å². The minimum absolute atomic E-state index is 0.157. The van der Waals surface area contributed by atoms with E-state index in [9.17, 15) is 4.79 Å². The maximum Gasteiger partial charge on any atom is 0.195 e. The summed E-state index contributed by atoms with van der Waals surface area (Å²) in [5.74, 6) is 0.157. The van der Waals surface area contributed by atoms with E-state index >= 15 is 0 Å². The smallest absolute Gasteiger partial charge is 0.195 e. The second kappa shape index (κ2) is 4.96. The SMILES string of the molecule is O=C(c1sccc1Br)C1NCCc2ccccc21. The molecule has 2 nitrogen and oxygen atoms in total. The van der Waals surface area contributed by atoms with Crippen LogP contribution in [0.2, 0.25) is 0 Å². The number of hydrogen-bond donors (Lipinski definition) is 1. The van der Waals surface area contributed by atoms with Crippen molar-refractivity contribution in [3.05, 3.63) is 56.2 Å². The Morgan fingerprint density at radius 3 is 2.94 bits per heavy atom. The fourth-order valence-electron chi connectivity index (χ4n) is 2.34. The fraction of sp³-hybridized carbons (Fsp3) is 0.214. The largest absolute Gasteiger partial charge is 0.303 e. The predicted octanol–water partition coefficient (Wildman–Crippen LogP) is 3.58. The molecule has 2 heterocycles. The van der Waals surface area contributed by atoms with E-state index in [1.54, 1.807) is 0 Å². The maximum atomic E-state index is 12.6. The highest BCUT2D eigenvalue weighted by Crippen LogP contribution is 2.31. The number of rotatable bonds is 2. The van der Waals surface area contributed by atoms with Gasteiger partial charge in [-0.25, -0.2) is 0 Å². The fourth-order valence-corrected chi connectivity index (χ4v) is 3.88. The molecule has 1 aromatic heterocycles. The average Bonchev–Trinajstić information content (AvgIpc) is 2.83. The quantitative estimate of drug-likeness (QED) is 0.856. The molecule has 1 aliphatic heterocycles. The van der Waals surface area contributed by atoms with Crippen molar-refractivity contribution in [1.29, 1.82) is 0 Å². The third-order valence-corrected chi connectivity index (χ3v) is 5.06. The number of ketones is 1. The van der Waals surface area contributed by atoms with Crippen LogP contribution in [0.5, 0.6) is 0 Å². The third-order valence-electron chi connectivity index (χ3n) is 3.21.